The number of nitrogens with one attached hydrogen (secondary N) is 1. The smallest absolute Gasteiger partial charge is 0.335 e. The van der Waals surface area contributed by atoms with Gasteiger partial charge in [-0.1, -0.05) is 25.1 Å². The summed E-state index contributed by atoms with van der Waals surface area (Å²) < 4.78 is 5.68. The van der Waals surface area contributed by atoms with Crippen LogP contribution in [0.25, 0.3) is 0 Å². The van der Waals surface area contributed by atoms with Crippen molar-refractivity contribution < 1.29 is 19.4 Å². The summed E-state index contributed by atoms with van der Waals surface area (Å²) in [5.74, 6) is -0.585. The molecule has 126 valence electrons. The van der Waals surface area contributed by atoms with Crippen molar-refractivity contribution in [3.8, 4) is 5.75 Å². The number of aromatic carboxylic acids is 1. The van der Waals surface area contributed by atoms with Crippen molar-refractivity contribution in [3.63, 3.8) is 0 Å². The van der Waals surface area contributed by atoms with Crippen molar-refractivity contribution in [3.05, 3.63) is 59.2 Å². The van der Waals surface area contributed by atoms with E-state index in [0.29, 0.717) is 23.6 Å². The summed E-state index contributed by atoms with van der Waals surface area (Å²) in [5, 5.41) is 11.8. The average Bonchev–Trinajstić information content (AvgIpc) is 2.55. The van der Waals surface area contributed by atoms with E-state index in [0.717, 1.165) is 12.0 Å². The lowest BCUT2D eigenvalue weighted by molar-refractivity contribution is -0.115. The van der Waals surface area contributed by atoms with E-state index in [9.17, 15) is 9.59 Å². The first-order valence-corrected chi connectivity index (χ1v) is 7.85. The van der Waals surface area contributed by atoms with Crippen LogP contribution < -0.4 is 10.1 Å². The van der Waals surface area contributed by atoms with Gasteiger partial charge in [-0.15, -0.1) is 0 Å². The molecule has 0 aliphatic heterocycles. The van der Waals surface area contributed by atoms with Gasteiger partial charge in [-0.05, 0) is 48.7 Å². The summed E-state index contributed by atoms with van der Waals surface area (Å²) in [5.41, 5.74) is 2.49. The van der Waals surface area contributed by atoms with Crippen LogP contribution in [0.2, 0.25) is 0 Å². The van der Waals surface area contributed by atoms with Crippen molar-refractivity contribution in [1.29, 1.82) is 0 Å². The van der Waals surface area contributed by atoms with E-state index in [1.807, 2.05) is 32.0 Å². The molecule has 0 unspecified atom stereocenters. The molecule has 0 spiro atoms. The number of anilines is 1. The molecule has 5 nitrogen and oxygen atoms in total. The van der Waals surface area contributed by atoms with Gasteiger partial charge >= 0.3 is 5.97 Å². The molecule has 0 saturated carbocycles. The van der Waals surface area contributed by atoms with E-state index in [1.165, 1.54) is 12.1 Å². The van der Waals surface area contributed by atoms with Crippen molar-refractivity contribution in [1.82, 2.24) is 0 Å². The molecular formula is C19H21NO4. The second-order valence-corrected chi connectivity index (χ2v) is 5.58. The van der Waals surface area contributed by atoms with Gasteiger partial charge in [0.15, 0.2) is 0 Å². The van der Waals surface area contributed by atoms with Crippen LogP contribution in [0.4, 0.5) is 5.69 Å². The molecule has 5 heteroatoms. The molecule has 2 aromatic carbocycles. The molecule has 0 fully saturated rings. The van der Waals surface area contributed by atoms with Crippen LogP contribution in [0.15, 0.2) is 42.5 Å². The second kappa shape index (κ2) is 8.15. The van der Waals surface area contributed by atoms with Crippen molar-refractivity contribution in [2.24, 2.45) is 0 Å². The van der Waals surface area contributed by atoms with Crippen molar-refractivity contribution >= 4 is 17.6 Å². The highest BCUT2D eigenvalue weighted by atomic mass is 16.5. The monoisotopic (exact) mass is 327 g/mol. The first-order valence-electron chi connectivity index (χ1n) is 7.85. The fourth-order valence-corrected chi connectivity index (χ4v) is 2.26. The molecule has 0 bridgehead atoms. The van der Waals surface area contributed by atoms with Crippen LogP contribution in [-0.2, 0) is 11.2 Å². The number of aryl methyl sites for hydroxylation is 1. The normalized spacial score (nSPS) is 10.2. The Morgan fingerprint density at radius 3 is 2.67 bits per heavy atom. The summed E-state index contributed by atoms with van der Waals surface area (Å²) >= 11 is 0. The number of carboxylic acids is 1. The number of benzene rings is 2. The van der Waals surface area contributed by atoms with E-state index >= 15 is 0 Å². The summed E-state index contributed by atoms with van der Waals surface area (Å²) in [6.45, 7) is 4.55. The minimum absolute atomic E-state index is 0.0994. The summed E-state index contributed by atoms with van der Waals surface area (Å²) in [6, 6.07) is 12.0. The molecule has 0 atom stereocenters. The zero-order valence-corrected chi connectivity index (χ0v) is 13.8. The fourth-order valence-electron chi connectivity index (χ4n) is 2.26. The van der Waals surface area contributed by atoms with Crippen LogP contribution in [0.1, 0.15) is 34.8 Å². The lowest BCUT2D eigenvalue weighted by atomic mass is 10.1. The topological polar surface area (TPSA) is 75.6 Å². The van der Waals surface area contributed by atoms with Crippen molar-refractivity contribution in [2.45, 2.75) is 26.7 Å². The number of amides is 1. The Kier molecular flexibility index (Phi) is 5.95. The Bertz CT molecular complexity index is 740. The van der Waals surface area contributed by atoms with Gasteiger partial charge in [-0.2, -0.15) is 0 Å². The molecule has 24 heavy (non-hydrogen) atoms. The first kappa shape index (κ1) is 17.5. The lowest BCUT2D eigenvalue weighted by Gasteiger charge is -2.13. The molecule has 0 radical (unpaired) electrons. The number of ether oxygens (including phenoxy) is 1. The van der Waals surface area contributed by atoms with Gasteiger partial charge < -0.3 is 15.2 Å². The van der Waals surface area contributed by atoms with Crippen LogP contribution in [0.3, 0.4) is 0 Å². The van der Waals surface area contributed by atoms with Crippen LogP contribution in [-0.4, -0.2) is 23.6 Å². The molecule has 1 amide bonds. The van der Waals surface area contributed by atoms with Gasteiger partial charge in [-0.25, -0.2) is 4.79 Å². The third-order valence-corrected chi connectivity index (χ3v) is 3.41. The SMILES string of the molecule is CCCOc1cc(C)ccc1NC(=O)Cc1cccc(C(=O)O)c1. The standard InChI is InChI=1S/C19H21NO4/c1-3-9-24-17-10-13(2)7-8-16(17)20-18(21)12-14-5-4-6-15(11-14)19(22)23/h4-8,10-11H,3,9,12H2,1-2H3,(H,20,21)(H,22,23). The van der Waals surface area contributed by atoms with Gasteiger partial charge in [0, 0.05) is 0 Å². The molecule has 0 saturated heterocycles. The third-order valence-electron chi connectivity index (χ3n) is 3.41. The third kappa shape index (κ3) is 4.84. The maximum atomic E-state index is 12.3. The minimum Gasteiger partial charge on any atom is -0.491 e. The van der Waals surface area contributed by atoms with Gasteiger partial charge in [-0.3, -0.25) is 4.79 Å². The minimum atomic E-state index is -1.01. The highest BCUT2D eigenvalue weighted by Crippen LogP contribution is 2.26. The van der Waals surface area contributed by atoms with E-state index in [1.54, 1.807) is 12.1 Å². The number of hydrogen-bond acceptors (Lipinski definition) is 3. The van der Waals surface area contributed by atoms with Gasteiger partial charge in [0.25, 0.3) is 0 Å². The Balaban J connectivity index is 2.09. The van der Waals surface area contributed by atoms with E-state index < -0.39 is 5.97 Å². The Morgan fingerprint density at radius 2 is 1.96 bits per heavy atom. The summed E-state index contributed by atoms with van der Waals surface area (Å²) in [7, 11) is 0. The predicted molar refractivity (Wildman–Crippen MR) is 92.7 cm³/mol. The molecule has 0 heterocycles. The molecule has 0 aromatic heterocycles. The van der Waals surface area contributed by atoms with E-state index in [2.05, 4.69) is 5.32 Å². The summed E-state index contributed by atoms with van der Waals surface area (Å²) in [6.07, 6.45) is 0.978. The van der Waals surface area contributed by atoms with Gasteiger partial charge in [0.05, 0.1) is 24.3 Å². The molecular weight excluding hydrogens is 306 g/mol. The highest BCUT2D eigenvalue weighted by Gasteiger charge is 2.11. The number of carbonyl (C=O) groups excluding carboxylic acids is 1. The highest BCUT2D eigenvalue weighted by molar-refractivity contribution is 5.94. The quantitative estimate of drug-likeness (QED) is 0.813. The maximum Gasteiger partial charge on any atom is 0.335 e. The zero-order chi connectivity index (χ0) is 17.5. The maximum absolute atomic E-state index is 12.3. The number of hydrogen-bond donors (Lipinski definition) is 2. The fraction of sp³-hybridized carbons (Fsp3) is 0.263. The van der Waals surface area contributed by atoms with Gasteiger partial charge in [0.2, 0.25) is 5.91 Å². The molecule has 0 aliphatic carbocycles. The predicted octanol–water partition coefficient (Wildman–Crippen LogP) is 3.66. The zero-order valence-electron chi connectivity index (χ0n) is 13.8. The van der Waals surface area contributed by atoms with E-state index in [4.69, 9.17) is 9.84 Å². The van der Waals surface area contributed by atoms with Crippen LogP contribution in [0, 0.1) is 6.92 Å². The average molecular weight is 327 g/mol. The number of rotatable bonds is 7. The van der Waals surface area contributed by atoms with Gasteiger partial charge in [0.1, 0.15) is 5.75 Å². The second-order valence-electron chi connectivity index (χ2n) is 5.58. The molecule has 2 N–H and O–H groups in total. The molecule has 2 rings (SSSR count). The number of carboxylic acid groups (broad SMARTS) is 1. The van der Waals surface area contributed by atoms with Crippen LogP contribution >= 0.6 is 0 Å². The molecule has 2 aromatic rings. The first-order chi connectivity index (χ1) is 11.5. The Morgan fingerprint density at radius 1 is 1.17 bits per heavy atom. The number of carbonyl (C=O) groups is 2. The molecule has 0 aliphatic rings. The van der Waals surface area contributed by atoms with Crippen LogP contribution in [0.5, 0.6) is 5.75 Å². The Labute approximate surface area is 141 Å². The largest absolute Gasteiger partial charge is 0.491 e. The Hall–Kier alpha value is -2.82. The van der Waals surface area contributed by atoms with Crippen molar-refractivity contribution in [2.75, 3.05) is 11.9 Å². The lowest BCUT2D eigenvalue weighted by Crippen LogP contribution is -2.15. The van der Waals surface area contributed by atoms with E-state index in [-0.39, 0.29) is 17.9 Å². The summed E-state index contributed by atoms with van der Waals surface area (Å²) in [4.78, 5) is 23.2.